The minimum Gasteiger partial charge on any atom is -0.497 e. The van der Waals surface area contributed by atoms with Gasteiger partial charge in [0, 0.05) is 32.8 Å². The summed E-state index contributed by atoms with van der Waals surface area (Å²) in [6.45, 7) is 4.60. The van der Waals surface area contributed by atoms with Crippen LogP contribution in [0, 0.1) is 0 Å². The van der Waals surface area contributed by atoms with E-state index in [9.17, 15) is 9.59 Å². The quantitative estimate of drug-likeness (QED) is 0.630. The lowest BCUT2D eigenvalue weighted by Crippen LogP contribution is -2.66. The molecule has 1 aromatic carbocycles. The molecule has 3 unspecified atom stereocenters. The van der Waals surface area contributed by atoms with E-state index in [0.29, 0.717) is 24.7 Å². The summed E-state index contributed by atoms with van der Waals surface area (Å²) in [7, 11) is 4.99. The number of nitrogens with zero attached hydrogens (tertiary/aromatic N) is 4. The normalized spacial score (nSPS) is 26.2. The first-order chi connectivity index (χ1) is 15.0. The Kier molecular flexibility index (Phi) is 6.22. The summed E-state index contributed by atoms with van der Waals surface area (Å²) >= 11 is 0. The summed E-state index contributed by atoms with van der Waals surface area (Å²) in [6.07, 6.45) is 0.274. The maximum Gasteiger partial charge on any atom is 0.327 e. The van der Waals surface area contributed by atoms with E-state index < -0.39 is 12.2 Å². The number of imide groups is 1. The molecule has 31 heavy (non-hydrogen) atoms. The van der Waals surface area contributed by atoms with Crippen LogP contribution in [0.3, 0.4) is 0 Å². The lowest BCUT2D eigenvalue weighted by Gasteiger charge is -2.44. The fraction of sp³-hybridized carbons (Fsp3) is 0.619. The Morgan fingerprint density at radius 2 is 1.97 bits per heavy atom. The highest BCUT2D eigenvalue weighted by atomic mass is 16.5. The number of anilines is 1. The molecule has 3 aliphatic heterocycles. The standard InChI is InChI=1S/C21H31N5O5/c1-5-31-12-11-26-19(27)17-18(23(2)21(26)28)22-20-24(9-6-10-25(17)20)15-8-7-14(29-3)13-16(15)30-4/h7-8,13,17-18,20,22H,5-6,9-12H2,1-4H3. The molecule has 10 heteroatoms. The van der Waals surface area contributed by atoms with Crippen molar-refractivity contribution in [2.24, 2.45) is 0 Å². The maximum atomic E-state index is 13.3. The van der Waals surface area contributed by atoms with Crippen molar-refractivity contribution in [1.82, 2.24) is 20.0 Å². The molecule has 0 bridgehead atoms. The van der Waals surface area contributed by atoms with Crippen molar-refractivity contribution in [2.45, 2.75) is 31.8 Å². The Balaban J connectivity index is 1.61. The molecule has 0 aromatic heterocycles. The van der Waals surface area contributed by atoms with Crippen LogP contribution in [0.15, 0.2) is 18.2 Å². The Bertz CT molecular complexity index is 836. The van der Waals surface area contributed by atoms with Crippen LogP contribution < -0.4 is 19.7 Å². The third kappa shape index (κ3) is 3.68. The molecule has 3 aliphatic rings. The number of hydrogen-bond acceptors (Lipinski definition) is 8. The van der Waals surface area contributed by atoms with E-state index in [4.69, 9.17) is 14.2 Å². The van der Waals surface area contributed by atoms with Crippen molar-refractivity contribution in [3.8, 4) is 11.5 Å². The lowest BCUT2D eigenvalue weighted by atomic mass is 10.1. The fourth-order valence-corrected chi connectivity index (χ4v) is 4.69. The largest absolute Gasteiger partial charge is 0.497 e. The predicted molar refractivity (Wildman–Crippen MR) is 114 cm³/mol. The summed E-state index contributed by atoms with van der Waals surface area (Å²) in [4.78, 5) is 33.5. The molecular weight excluding hydrogens is 402 g/mol. The van der Waals surface area contributed by atoms with E-state index in [-0.39, 0.29) is 24.8 Å². The van der Waals surface area contributed by atoms with Crippen LogP contribution in [-0.2, 0) is 9.53 Å². The Labute approximate surface area is 182 Å². The molecule has 3 atom stereocenters. The topological polar surface area (TPSA) is 86.8 Å². The van der Waals surface area contributed by atoms with Gasteiger partial charge in [0.05, 0.1) is 33.1 Å². The van der Waals surface area contributed by atoms with Gasteiger partial charge in [0.2, 0.25) is 0 Å². The van der Waals surface area contributed by atoms with E-state index in [2.05, 4.69) is 15.1 Å². The van der Waals surface area contributed by atoms with Crippen molar-refractivity contribution in [2.75, 3.05) is 59.0 Å². The number of nitrogens with one attached hydrogen (secondary N) is 1. The van der Waals surface area contributed by atoms with Gasteiger partial charge in [0.1, 0.15) is 30.0 Å². The van der Waals surface area contributed by atoms with Crippen LogP contribution in [0.25, 0.3) is 0 Å². The minimum absolute atomic E-state index is 0.175. The van der Waals surface area contributed by atoms with Gasteiger partial charge in [0.15, 0.2) is 0 Å². The number of ether oxygens (including phenoxy) is 3. The van der Waals surface area contributed by atoms with Crippen LogP contribution in [0.5, 0.6) is 11.5 Å². The van der Waals surface area contributed by atoms with Gasteiger partial charge in [-0.15, -0.1) is 0 Å². The number of amides is 3. The molecule has 4 rings (SSSR count). The first-order valence-corrected chi connectivity index (χ1v) is 10.7. The van der Waals surface area contributed by atoms with Crippen LogP contribution >= 0.6 is 0 Å². The number of benzene rings is 1. The molecule has 1 N–H and O–H groups in total. The summed E-state index contributed by atoms with van der Waals surface area (Å²) < 4.78 is 16.3. The van der Waals surface area contributed by atoms with Crippen molar-refractivity contribution in [3.05, 3.63) is 18.2 Å². The fourth-order valence-electron chi connectivity index (χ4n) is 4.69. The van der Waals surface area contributed by atoms with Gasteiger partial charge >= 0.3 is 6.03 Å². The van der Waals surface area contributed by atoms with Crippen molar-refractivity contribution in [1.29, 1.82) is 0 Å². The highest BCUT2D eigenvalue weighted by Crippen LogP contribution is 2.38. The van der Waals surface area contributed by atoms with Gasteiger partial charge in [-0.1, -0.05) is 0 Å². The Morgan fingerprint density at radius 3 is 2.68 bits per heavy atom. The van der Waals surface area contributed by atoms with Gasteiger partial charge in [0.25, 0.3) is 5.91 Å². The van der Waals surface area contributed by atoms with Crippen LogP contribution in [-0.4, -0.2) is 99.3 Å². The number of fused-ring (bicyclic) bond motifs is 3. The van der Waals surface area contributed by atoms with E-state index in [1.54, 1.807) is 26.2 Å². The van der Waals surface area contributed by atoms with Gasteiger partial charge in [-0.2, -0.15) is 0 Å². The molecule has 3 heterocycles. The SMILES string of the molecule is CCOCCN1C(=O)C2C(NC3N(c4ccc(OC)cc4OC)CCCN23)N(C)C1=O. The van der Waals surface area contributed by atoms with Crippen LogP contribution in [0.1, 0.15) is 13.3 Å². The van der Waals surface area contributed by atoms with E-state index >= 15 is 0 Å². The van der Waals surface area contributed by atoms with E-state index in [1.807, 2.05) is 25.1 Å². The minimum atomic E-state index is -0.443. The molecule has 0 saturated carbocycles. The third-order valence-electron chi connectivity index (χ3n) is 6.23. The molecule has 10 nitrogen and oxygen atoms in total. The van der Waals surface area contributed by atoms with Crippen molar-refractivity contribution in [3.63, 3.8) is 0 Å². The summed E-state index contributed by atoms with van der Waals surface area (Å²) in [5.74, 6) is 1.24. The van der Waals surface area contributed by atoms with E-state index in [1.165, 1.54) is 4.90 Å². The van der Waals surface area contributed by atoms with Crippen molar-refractivity contribution >= 4 is 17.6 Å². The Morgan fingerprint density at radius 1 is 1.16 bits per heavy atom. The van der Waals surface area contributed by atoms with Crippen LogP contribution in [0.4, 0.5) is 10.5 Å². The zero-order valence-electron chi connectivity index (χ0n) is 18.5. The van der Waals surface area contributed by atoms with Crippen LogP contribution in [0.2, 0.25) is 0 Å². The molecule has 0 radical (unpaired) electrons. The average Bonchev–Trinajstić information content (AvgIpc) is 3.19. The van der Waals surface area contributed by atoms with E-state index in [0.717, 1.165) is 25.2 Å². The number of carbonyl (C=O) groups is 2. The molecule has 3 amide bonds. The summed E-state index contributed by atoms with van der Waals surface area (Å²) in [5.41, 5.74) is 0.916. The Hall–Kier alpha value is -2.56. The highest BCUT2D eigenvalue weighted by molar-refractivity contribution is 6.00. The van der Waals surface area contributed by atoms with Gasteiger partial charge in [-0.3, -0.25) is 19.9 Å². The average molecular weight is 434 g/mol. The maximum absolute atomic E-state index is 13.3. The molecule has 0 aliphatic carbocycles. The van der Waals surface area contributed by atoms with Crippen molar-refractivity contribution < 1.29 is 23.8 Å². The molecule has 170 valence electrons. The number of rotatable bonds is 7. The zero-order valence-corrected chi connectivity index (χ0v) is 18.5. The first kappa shape index (κ1) is 21.7. The number of methoxy groups -OCH3 is 2. The molecule has 1 aromatic rings. The van der Waals surface area contributed by atoms with Gasteiger partial charge in [-0.25, -0.2) is 4.79 Å². The third-order valence-corrected chi connectivity index (χ3v) is 6.23. The molecule has 0 spiro atoms. The summed E-state index contributed by atoms with van der Waals surface area (Å²) in [6, 6.07) is 4.98. The monoisotopic (exact) mass is 433 g/mol. The predicted octanol–water partition coefficient (Wildman–Crippen LogP) is 0.728. The highest BCUT2D eigenvalue weighted by Gasteiger charge is 2.56. The lowest BCUT2D eigenvalue weighted by molar-refractivity contribution is -0.139. The van der Waals surface area contributed by atoms with Gasteiger partial charge < -0.3 is 24.0 Å². The number of hydrogen-bond donors (Lipinski definition) is 1. The molecule has 3 fully saturated rings. The molecule has 3 saturated heterocycles. The number of likely N-dealkylation sites (N-methyl/N-ethyl adjacent to an activating group) is 1. The van der Waals surface area contributed by atoms with Gasteiger partial charge in [-0.05, 0) is 25.5 Å². The smallest absolute Gasteiger partial charge is 0.327 e. The number of urea groups is 1. The summed E-state index contributed by atoms with van der Waals surface area (Å²) in [5, 5.41) is 3.51. The second-order valence-corrected chi connectivity index (χ2v) is 7.83. The first-order valence-electron chi connectivity index (χ1n) is 10.7. The second kappa shape index (κ2) is 8.89. The second-order valence-electron chi connectivity index (χ2n) is 7.83. The molecular formula is C21H31N5O5. The zero-order chi connectivity index (χ0) is 22.1. The number of carbonyl (C=O) groups excluding carboxylic acids is 2.